The van der Waals surface area contributed by atoms with Crippen LogP contribution in [0.25, 0.3) is 22.3 Å². The zero-order valence-electron chi connectivity index (χ0n) is 19.7. The highest BCUT2D eigenvalue weighted by Gasteiger charge is 2.17. The van der Waals surface area contributed by atoms with Crippen LogP contribution in [0.2, 0.25) is 0 Å². The van der Waals surface area contributed by atoms with E-state index >= 15 is 0 Å². The fraction of sp³-hybridized carbons (Fsp3) is 0.214. The maximum atomic E-state index is 12.5. The molecule has 2 aliphatic rings. The SMILES string of the molecule is O=C(COc1cccc(-c2nc(Nc3ccc4c(c3)C=NC4)c3ccccc3n2)c1)N1CCOCC1. The van der Waals surface area contributed by atoms with E-state index in [0.29, 0.717) is 37.9 Å². The van der Waals surface area contributed by atoms with Crippen LogP contribution in [0.1, 0.15) is 11.1 Å². The standard InChI is InChI=1S/C28H25N5O3/c34-26(33-10-12-35-13-11-33)18-36-23-5-3-4-19(15-23)27-31-25-7-2-1-6-24(25)28(32-27)30-22-9-8-20-16-29-17-21(20)14-22/h1-9,14-15,17H,10-13,16,18H2,(H,30,31,32). The summed E-state index contributed by atoms with van der Waals surface area (Å²) >= 11 is 0. The molecule has 1 amide bonds. The lowest BCUT2D eigenvalue weighted by Crippen LogP contribution is -2.42. The van der Waals surface area contributed by atoms with Gasteiger partial charge in [0.2, 0.25) is 0 Å². The van der Waals surface area contributed by atoms with Gasteiger partial charge in [-0.15, -0.1) is 0 Å². The number of hydrogen-bond donors (Lipinski definition) is 1. The summed E-state index contributed by atoms with van der Waals surface area (Å²) in [4.78, 5) is 28.2. The van der Waals surface area contributed by atoms with E-state index in [0.717, 1.165) is 40.1 Å². The molecular weight excluding hydrogens is 454 g/mol. The van der Waals surface area contributed by atoms with Crippen molar-refractivity contribution in [3.8, 4) is 17.1 Å². The Morgan fingerprint density at radius 3 is 2.81 bits per heavy atom. The summed E-state index contributed by atoms with van der Waals surface area (Å²) in [6.07, 6.45) is 1.90. The Labute approximate surface area is 208 Å². The number of carbonyl (C=O) groups excluding carboxylic acids is 1. The second-order valence-electron chi connectivity index (χ2n) is 8.73. The summed E-state index contributed by atoms with van der Waals surface area (Å²) in [5.74, 6) is 1.85. The van der Waals surface area contributed by atoms with E-state index in [2.05, 4.69) is 22.4 Å². The van der Waals surface area contributed by atoms with Gasteiger partial charge in [0.05, 0.1) is 25.3 Å². The van der Waals surface area contributed by atoms with Crippen molar-refractivity contribution in [2.75, 3.05) is 38.2 Å². The Bertz CT molecular complexity index is 1460. The summed E-state index contributed by atoms with van der Waals surface area (Å²) in [5.41, 5.74) is 4.92. The second-order valence-corrected chi connectivity index (χ2v) is 8.73. The van der Waals surface area contributed by atoms with E-state index in [4.69, 9.17) is 19.4 Å². The minimum atomic E-state index is -0.0449. The molecule has 8 nitrogen and oxygen atoms in total. The highest BCUT2D eigenvalue weighted by molar-refractivity contribution is 5.93. The zero-order chi connectivity index (χ0) is 24.3. The van der Waals surface area contributed by atoms with E-state index in [1.807, 2.05) is 60.8 Å². The number of nitrogens with one attached hydrogen (secondary N) is 1. The maximum absolute atomic E-state index is 12.5. The van der Waals surface area contributed by atoms with Crippen LogP contribution in [0.4, 0.5) is 11.5 Å². The Morgan fingerprint density at radius 1 is 1.00 bits per heavy atom. The number of morpholine rings is 1. The number of carbonyl (C=O) groups is 1. The highest BCUT2D eigenvalue weighted by atomic mass is 16.5. The lowest BCUT2D eigenvalue weighted by atomic mass is 10.1. The molecule has 4 aromatic rings. The molecule has 1 fully saturated rings. The van der Waals surface area contributed by atoms with Gasteiger partial charge in [-0.25, -0.2) is 9.97 Å². The number of aliphatic imine (C=N–C) groups is 1. The molecular formula is C28H25N5O3. The van der Waals surface area contributed by atoms with E-state index in [1.165, 1.54) is 5.56 Å². The average molecular weight is 480 g/mol. The van der Waals surface area contributed by atoms with E-state index in [-0.39, 0.29) is 12.5 Å². The number of rotatable bonds is 6. The number of anilines is 2. The van der Waals surface area contributed by atoms with Crippen LogP contribution in [0.3, 0.4) is 0 Å². The van der Waals surface area contributed by atoms with Gasteiger partial charge in [0.1, 0.15) is 11.6 Å². The molecule has 3 aromatic carbocycles. The molecule has 1 aromatic heterocycles. The van der Waals surface area contributed by atoms with Crippen LogP contribution in [0, 0.1) is 0 Å². The number of ether oxygens (including phenoxy) is 2. The van der Waals surface area contributed by atoms with Crippen LogP contribution in [0.5, 0.6) is 5.75 Å². The molecule has 0 spiro atoms. The summed E-state index contributed by atoms with van der Waals surface area (Å²) in [6, 6.07) is 21.7. The van der Waals surface area contributed by atoms with Gasteiger partial charge in [-0.3, -0.25) is 9.79 Å². The zero-order valence-corrected chi connectivity index (χ0v) is 19.7. The van der Waals surface area contributed by atoms with Crippen LogP contribution in [-0.4, -0.2) is 59.9 Å². The predicted molar refractivity (Wildman–Crippen MR) is 139 cm³/mol. The predicted octanol–water partition coefficient (Wildman–Crippen LogP) is 4.21. The molecule has 6 rings (SSSR count). The molecule has 1 saturated heterocycles. The van der Waals surface area contributed by atoms with Crippen molar-refractivity contribution in [3.63, 3.8) is 0 Å². The van der Waals surface area contributed by atoms with Crippen LogP contribution in [-0.2, 0) is 16.1 Å². The highest BCUT2D eigenvalue weighted by Crippen LogP contribution is 2.30. The molecule has 180 valence electrons. The molecule has 0 saturated carbocycles. The van der Waals surface area contributed by atoms with Crippen LogP contribution >= 0.6 is 0 Å². The van der Waals surface area contributed by atoms with Crippen molar-refractivity contribution in [1.29, 1.82) is 0 Å². The van der Waals surface area contributed by atoms with E-state index in [1.54, 1.807) is 4.90 Å². The van der Waals surface area contributed by atoms with E-state index in [9.17, 15) is 4.79 Å². The molecule has 0 radical (unpaired) electrons. The summed E-state index contributed by atoms with van der Waals surface area (Å²) in [6.45, 7) is 3.04. The van der Waals surface area contributed by atoms with Gasteiger partial charge in [-0.1, -0.05) is 30.3 Å². The molecule has 1 N–H and O–H groups in total. The third-order valence-electron chi connectivity index (χ3n) is 6.32. The first-order chi connectivity index (χ1) is 17.7. The third kappa shape index (κ3) is 4.63. The Kier molecular flexibility index (Phi) is 6.01. The first-order valence-electron chi connectivity index (χ1n) is 12.0. The number of aromatic nitrogens is 2. The van der Waals surface area contributed by atoms with Crippen molar-refractivity contribution < 1.29 is 14.3 Å². The number of hydrogen-bond acceptors (Lipinski definition) is 7. The smallest absolute Gasteiger partial charge is 0.260 e. The first kappa shape index (κ1) is 22.2. The summed E-state index contributed by atoms with van der Waals surface area (Å²) in [7, 11) is 0. The maximum Gasteiger partial charge on any atom is 0.260 e. The van der Waals surface area contributed by atoms with Gasteiger partial charge in [-0.05, 0) is 47.5 Å². The Balaban J connectivity index is 1.27. The third-order valence-corrected chi connectivity index (χ3v) is 6.32. The van der Waals surface area contributed by atoms with Crippen LogP contribution < -0.4 is 10.1 Å². The van der Waals surface area contributed by atoms with Gasteiger partial charge in [0.15, 0.2) is 12.4 Å². The number of fused-ring (bicyclic) bond motifs is 2. The first-order valence-corrected chi connectivity index (χ1v) is 12.0. The Morgan fingerprint density at radius 2 is 1.89 bits per heavy atom. The summed E-state index contributed by atoms with van der Waals surface area (Å²) < 4.78 is 11.1. The summed E-state index contributed by atoms with van der Waals surface area (Å²) in [5, 5.41) is 4.40. The van der Waals surface area contributed by atoms with Gasteiger partial charge < -0.3 is 19.7 Å². The minimum Gasteiger partial charge on any atom is -0.484 e. The molecule has 36 heavy (non-hydrogen) atoms. The largest absolute Gasteiger partial charge is 0.484 e. The second kappa shape index (κ2) is 9.75. The fourth-order valence-corrected chi connectivity index (χ4v) is 4.39. The van der Waals surface area contributed by atoms with Gasteiger partial charge in [0.25, 0.3) is 5.91 Å². The van der Waals surface area contributed by atoms with Crippen LogP contribution in [0.15, 0.2) is 71.7 Å². The number of amides is 1. The molecule has 8 heteroatoms. The fourth-order valence-electron chi connectivity index (χ4n) is 4.39. The van der Waals surface area contributed by atoms with Crippen molar-refractivity contribution in [2.24, 2.45) is 4.99 Å². The molecule has 3 heterocycles. The average Bonchev–Trinajstić information content (AvgIpc) is 3.40. The quantitative estimate of drug-likeness (QED) is 0.446. The monoisotopic (exact) mass is 479 g/mol. The molecule has 0 aliphatic carbocycles. The normalized spacial score (nSPS) is 14.6. The minimum absolute atomic E-state index is 0.0174. The van der Waals surface area contributed by atoms with Crippen molar-refractivity contribution in [1.82, 2.24) is 14.9 Å². The number of para-hydroxylation sites is 1. The Hall–Kier alpha value is -4.30. The van der Waals surface area contributed by atoms with E-state index < -0.39 is 0 Å². The molecule has 0 unspecified atom stereocenters. The van der Waals surface area contributed by atoms with Gasteiger partial charge >= 0.3 is 0 Å². The van der Waals surface area contributed by atoms with Gasteiger partial charge in [-0.2, -0.15) is 0 Å². The molecule has 0 bridgehead atoms. The lowest BCUT2D eigenvalue weighted by molar-refractivity contribution is -0.137. The van der Waals surface area contributed by atoms with Crippen molar-refractivity contribution in [3.05, 3.63) is 77.9 Å². The van der Waals surface area contributed by atoms with Crippen molar-refractivity contribution >= 4 is 34.5 Å². The topological polar surface area (TPSA) is 88.9 Å². The number of benzene rings is 3. The lowest BCUT2D eigenvalue weighted by Gasteiger charge is -2.26. The van der Waals surface area contributed by atoms with Gasteiger partial charge in [0, 0.05) is 35.9 Å². The van der Waals surface area contributed by atoms with Crippen molar-refractivity contribution in [2.45, 2.75) is 6.54 Å². The molecule has 2 aliphatic heterocycles. The number of nitrogens with zero attached hydrogens (tertiary/aromatic N) is 4. The molecule has 0 atom stereocenters.